The molecule has 0 spiro atoms. The zero-order valence-electron chi connectivity index (χ0n) is 9.15. The summed E-state index contributed by atoms with van der Waals surface area (Å²) in [6, 6.07) is 1.41. The molecule has 0 amide bonds. The number of aryl methyl sites for hydroxylation is 1. The summed E-state index contributed by atoms with van der Waals surface area (Å²) in [7, 11) is 0. The highest BCUT2D eigenvalue weighted by Crippen LogP contribution is 2.05. The Morgan fingerprint density at radius 1 is 1.67 bits per heavy atom. The number of hydrogen-bond donors (Lipinski definition) is 1. The summed E-state index contributed by atoms with van der Waals surface area (Å²) in [6.07, 6.45) is 1.65. The van der Waals surface area contributed by atoms with Crippen molar-refractivity contribution in [2.75, 3.05) is 11.9 Å². The molecule has 0 bridgehead atoms. The predicted octanol–water partition coefficient (Wildman–Crippen LogP) is 1.15. The molecule has 0 radical (unpaired) electrons. The van der Waals surface area contributed by atoms with Gasteiger partial charge in [0.1, 0.15) is 11.9 Å². The number of esters is 1. The normalized spacial score (nSPS) is 11.9. The summed E-state index contributed by atoms with van der Waals surface area (Å²) in [5.74, 6) is 0.288. The highest BCUT2D eigenvalue weighted by molar-refractivity contribution is 5.78. The number of nitrogens with one attached hydrogen (secondary N) is 1. The molecule has 1 heterocycles. The molecule has 5 heteroatoms. The zero-order chi connectivity index (χ0) is 11.3. The van der Waals surface area contributed by atoms with Gasteiger partial charge in [-0.1, -0.05) is 0 Å². The standard InChI is InChI=1S/C10H15N3O2/c1-4-15-10(14)8(3)12-9-5-7(2)6-11-13-9/h5-6,8H,4H2,1-3H3,(H,12,13). The number of ether oxygens (including phenoxy) is 1. The number of carbonyl (C=O) groups excluding carboxylic acids is 1. The van der Waals surface area contributed by atoms with E-state index < -0.39 is 6.04 Å². The minimum atomic E-state index is -0.416. The van der Waals surface area contributed by atoms with Gasteiger partial charge in [-0.05, 0) is 32.4 Å². The van der Waals surface area contributed by atoms with E-state index in [0.717, 1.165) is 5.56 Å². The first-order valence-corrected chi connectivity index (χ1v) is 4.86. The maximum Gasteiger partial charge on any atom is 0.328 e. The summed E-state index contributed by atoms with van der Waals surface area (Å²) in [5, 5.41) is 10.6. The van der Waals surface area contributed by atoms with Gasteiger partial charge in [-0.2, -0.15) is 5.10 Å². The lowest BCUT2D eigenvalue weighted by atomic mass is 10.3. The van der Waals surface area contributed by atoms with Crippen LogP contribution < -0.4 is 5.32 Å². The van der Waals surface area contributed by atoms with Gasteiger partial charge in [0.2, 0.25) is 0 Å². The van der Waals surface area contributed by atoms with Crippen LogP contribution >= 0.6 is 0 Å². The van der Waals surface area contributed by atoms with E-state index in [-0.39, 0.29) is 5.97 Å². The first-order chi connectivity index (χ1) is 7.13. The zero-order valence-corrected chi connectivity index (χ0v) is 9.15. The first-order valence-electron chi connectivity index (χ1n) is 4.86. The molecule has 1 aromatic rings. The molecule has 0 aromatic carbocycles. The fourth-order valence-corrected chi connectivity index (χ4v) is 1.08. The van der Waals surface area contributed by atoms with Crippen LogP contribution in [-0.4, -0.2) is 28.8 Å². The summed E-state index contributed by atoms with van der Waals surface area (Å²) < 4.78 is 4.86. The number of hydrogen-bond acceptors (Lipinski definition) is 5. The molecule has 0 aliphatic rings. The first kappa shape index (κ1) is 11.4. The van der Waals surface area contributed by atoms with Crippen LogP contribution in [0.4, 0.5) is 5.82 Å². The third kappa shape index (κ3) is 3.53. The van der Waals surface area contributed by atoms with Gasteiger partial charge in [0.05, 0.1) is 12.8 Å². The quantitative estimate of drug-likeness (QED) is 0.753. The van der Waals surface area contributed by atoms with E-state index >= 15 is 0 Å². The molecular weight excluding hydrogens is 194 g/mol. The Hall–Kier alpha value is -1.65. The molecule has 0 aliphatic heterocycles. The maximum absolute atomic E-state index is 11.3. The van der Waals surface area contributed by atoms with Crippen molar-refractivity contribution in [2.45, 2.75) is 26.8 Å². The molecule has 0 saturated carbocycles. The second kappa shape index (κ2) is 5.29. The monoisotopic (exact) mass is 209 g/mol. The van der Waals surface area contributed by atoms with Gasteiger partial charge in [0.25, 0.3) is 0 Å². The van der Waals surface area contributed by atoms with Crippen LogP contribution in [0.5, 0.6) is 0 Å². The third-order valence-corrected chi connectivity index (χ3v) is 1.80. The van der Waals surface area contributed by atoms with Crippen molar-refractivity contribution in [3.8, 4) is 0 Å². The van der Waals surface area contributed by atoms with Crippen LogP contribution in [0.25, 0.3) is 0 Å². The van der Waals surface area contributed by atoms with Crippen LogP contribution in [0.15, 0.2) is 12.3 Å². The van der Waals surface area contributed by atoms with Crippen LogP contribution in [0.3, 0.4) is 0 Å². The van der Waals surface area contributed by atoms with Crippen LogP contribution in [0.1, 0.15) is 19.4 Å². The van der Waals surface area contributed by atoms with E-state index in [1.165, 1.54) is 0 Å². The predicted molar refractivity (Wildman–Crippen MR) is 56.5 cm³/mol. The van der Waals surface area contributed by atoms with E-state index in [0.29, 0.717) is 12.4 Å². The van der Waals surface area contributed by atoms with E-state index in [2.05, 4.69) is 15.5 Å². The lowest BCUT2D eigenvalue weighted by Crippen LogP contribution is -2.28. The Labute approximate surface area is 88.9 Å². The van der Waals surface area contributed by atoms with Gasteiger partial charge in [-0.3, -0.25) is 0 Å². The molecule has 1 aromatic heterocycles. The van der Waals surface area contributed by atoms with Crippen molar-refractivity contribution >= 4 is 11.8 Å². The number of rotatable bonds is 4. The van der Waals surface area contributed by atoms with Gasteiger partial charge in [0, 0.05) is 0 Å². The number of nitrogens with zero attached hydrogens (tertiary/aromatic N) is 2. The van der Waals surface area contributed by atoms with Crippen LogP contribution in [0, 0.1) is 6.92 Å². The van der Waals surface area contributed by atoms with E-state index in [4.69, 9.17) is 4.74 Å². The van der Waals surface area contributed by atoms with E-state index in [1.54, 1.807) is 20.0 Å². The molecule has 0 saturated heterocycles. The Bertz CT molecular complexity index is 341. The fourth-order valence-electron chi connectivity index (χ4n) is 1.08. The number of anilines is 1. The highest BCUT2D eigenvalue weighted by atomic mass is 16.5. The summed E-state index contributed by atoms with van der Waals surface area (Å²) in [5.41, 5.74) is 0.989. The molecular formula is C10H15N3O2. The Morgan fingerprint density at radius 2 is 2.40 bits per heavy atom. The highest BCUT2D eigenvalue weighted by Gasteiger charge is 2.13. The minimum absolute atomic E-state index is 0.291. The summed E-state index contributed by atoms with van der Waals surface area (Å²) in [4.78, 5) is 11.3. The van der Waals surface area contributed by atoms with Crippen molar-refractivity contribution < 1.29 is 9.53 Å². The molecule has 1 rings (SSSR count). The lowest BCUT2D eigenvalue weighted by Gasteiger charge is -2.12. The van der Waals surface area contributed by atoms with Crippen molar-refractivity contribution in [1.29, 1.82) is 0 Å². The van der Waals surface area contributed by atoms with Gasteiger partial charge < -0.3 is 10.1 Å². The van der Waals surface area contributed by atoms with Crippen LogP contribution in [0.2, 0.25) is 0 Å². The topological polar surface area (TPSA) is 64.1 Å². The molecule has 5 nitrogen and oxygen atoms in total. The smallest absolute Gasteiger partial charge is 0.328 e. The Kier molecular flexibility index (Phi) is 4.03. The molecule has 15 heavy (non-hydrogen) atoms. The van der Waals surface area contributed by atoms with E-state index in [1.807, 2.05) is 13.0 Å². The molecule has 1 atom stereocenters. The third-order valence-electron chi connectivity index (χ3n) is 1.80. The molecule has 0 aliphatic carbocycles. The second-order valence-electron chi connectivity index (χ2n) is 3.24. The molecule has 1 N–H and O–H groups in total. The van der Waals surface area contributed by atoms with Gasteiger partial charge in [-0.25, -0.2) is 4.79 Å². The average molecular weight is 209 g/mol. The maximum atomic E-state index is 11.3. The van der Waals surface area contributed by atoms with Gasteiger partial charge >= 0.3 is 5.97 Å². The Morgan fingerprint density at radius 3 is 3.00 bits per heavy atom. The summed E-state index contributed by atoms with van der Waals surface area (Å²) >= 11 is 0. The lowest BCUT2D eigenvalue weighted by molar-refractivity contribution is -0.143. The number of aromatic nitrogens is 2. The Balaban J connectivity index is 2.58. The van der Waals surface area contributed by atoms with Crippen molar-refractivity contribution in [3.05, 3.63) is 17.8 Å². The number of carbonyl (C=O) groups is 1. The molecule has 0 fully saturated rings. The summed E-state index contributed by atoms with van der Waals surface area (Å²) in [6.45, 7) is 5.79. The second-order valence-corrected chi connectivity index (χ2v) is 3.24. The largest absolute Gasteiger partial charge is 0.464 e. The van der Waals surface area contributed by atoms with Gasteiger partial charge in [0.15, 0.2) is 0 Å². The van der Waals surface area contributed by atoms with Gasteiger partial charge in [-0.15, -0.1) is 5.10 Å². The molecule has 82 valence electrons. The minimum Gasteiger partial charge on any atom is -0.464 e. The van der Waals surface area contributed by atoms with E-state index in [9.17, 15) is 4.79 Å². The van der Waals surface area contributed by atoms with Crippen molar-refractivity contribution in [1.82, 2.24) is 10.2 Å². The van der Waals surface area contributed by atoms with Crippen molar-refractivity contribution in [2.24, 2.45) is 0 Å². The van der Waals surface area contributed by atoms with Crippen molar-refractivity contribution in [3.63, 3.8) is 0 Å². The SMILES string of the molecule is CCOC(=O)C(C)Nc1cc(C)cnn1. The fraction of sp³-hybridized carbons (Fsp3) is 0.500. The average Bonchev–Trinajstić information content (AvgIpc) is 2.18. The van der Waals surface area contributed by atoms with Crippen LogP contribution in [-0.2, 0) is 9.53 Å². The molecule has 1 unspecified atom stereocenters.